The molecule has 0 spiro atoms. The number of nitrogens with zero attached hydrogens (tertiary/aromatic N) is 1. The van der Waals surface area contributed by atoms with Crippen LogP contribution in [0.25, 0.3) is 0 Å². The molecule has 0 unspecified atom stereocenters. The van der Waals surface area contributed by atoms with Gasteiger partial charge < -0.3 is 9.47 Å². The number of rotatable bonds is 5. The van der Waals surface area contributed by atoms with Crippen LogP contribution in [-0.4, -0.2) is 35.7 Å². The molecule has 2 aromatic rings. The summed E-state index contributed by atoms with van der Waals surface area (Å²) in [6, 6.07) is 10.5. The number of nitrogens with one attached hydrogen (secondary N) is 2. The molecule has 2 aromatic carbocycles. The highest BCUT2D eigenvalue weighted by Gasteiger charge is 2.13. The van der Waals surface area contributed by atoms with Crippen LogP contribution in [0.15, 0.2) is 47.4 Å². The molecule has 2 N–H and O–H groups in total. The molecule has 10 heteroatoms. The minimum Gasteiger partial charge on any atom is -0.490 e. The molecule has 0 aliphatic carbocycles. The number of non-ortho nitro benzene ring substituents is 1. The fourth-order valence-corrected chi connectivity index (χ4v) is 3.08. The summed E-state index contributed by atoms with van der Waals surface area (Å²) < 4.78 is 11.2. The second kappa shape index (κ2) is 9.09. The average molecular weight is 403 g/mol. The Hall–Kier alpha value is -3.27. The number of nitro groups is 1. The summed E-state index contributed by atoms with van der Waals surface area (Å²) in [6.07, 6.45) is 0.814. The van der Waals surface area contributed by atoms with Crippen molar-refractivity contribution in [3.05, 3.63) is 58.1 Å². The lowest BCUT2D eigenvalue weighted by Gasteiger charge is -2.10. The number of hydrazine groups is 1. The van der Waals surface area contributed by atoms with E-state index < -0.39 is 16.7 Å². The fourth-order valence-electron chi connectivity index (χ4n) is 2.35. The topological polar surface area (TPSA) is 120 Å². The Balaban J connectivity index is 1.47. The highest BCUT2D eigenvalue weighted by atomic mass is 32.2. The van der Waals surface area contributed by atoms with Crippen LogP contribution in [-0.2, 0) is 4.79 Å². The molecular formula is C18H17N3O6S. The number of hydrogen-bond donors (Lipinski definition) is 2. The van der Waals surface area contributed by atoms with Gasteiger partial charge in [-0.05, 0) is 30.3 Å². The molecule has 1 heterocycles. The fraction of sp³-hybridized carbons (Fsp3) is 0.222. The van der Waals surface area contributed by atoms with E-state index in [4.69, 9.17) is 9.47 Å². The number of benzene rings is 2. The van der Waals surface area contributed by atoms with Crippen LogP contribution in [0.5, 0.6) is 11.5 Å². The highest BCUT2D eigenvalue weighted by molar-refractivity contribution is 8.00. The van der Waals surface area contributed by atoms with E-state index in [-0.39, 0.29) is 17.0 Å². The molecule has 0 saturated carbocycles. The van der Waals surface area contributed by atoms with E-state index in [1.165, 1.54) is 36.0 Å². The predicted molar refractivity (Wildman–Crippen MR) is 101 cm³/mol. The number of thioether (sulfide) groups is 1. The van der Waals surface area contributed by atoms with Gasteiger partial charge >= 0.3 is 0 Å². The quantitative estimate of drug-likeness (QED) is 0.446. The van der Waals surface area contributed by atoms with Crippen molar-refractivity contribution in [1.29, 1.82) is 0 Å². The highest BCUT2D eigenvalue weighted by Crippen LogP contribution is 2.33. The standard InChI is InChI=1S/C18H17N3O6S/c22-17(19-20-18(23)12-2-4-13(5-3-12)21(24)25)11-28-14-6-7-15-16(10-14)27-9-1-8-26-15/h2-7,10H,1,8-9,11H2,(H,19,22)(H,20,23). The first-order valence-corrected chi connectivity index (χ1v) is 9.37. The zero-order chi connectivity index (χ0) is 19.9. The van der Waals surface area contributed by atoms with Gasteiger partial charge in [0, 0.05) is 29.0 Å². The molecule has 0 fully saturated rings. The Kier molecular flexibility index (Phi) is 6.33. The summed E-state index contributed by atoms with van der Waals surface area (Å²) >= 11 is 1.29. The molecule has 0 atom stereocenters. The first-order chi connectivity index (χ1) is 13.5. The van der Waals surface area contributed by atoms with Gasteiger partial charge in [-0.25, -0.2) is 0 Å². The van der Waals surface area contributed by atoms with E-state index in [9.17, 15) is 19.7 Å². The number of amides is 2. The predicted octanol–water partition coefficient (Wildman–Crippen LogP) is 2.31. The summed E-state index contributed by atoms with van der Waals surface area (Å²) in [5.74, 6) is 0.451. The van der Waals surface area contributed by atoms with Gasteiger partial charge in [-0.15, -0.1) is 11.8 Å². The van der Waals surface area contributed by atoms with E-state index >= 15 is 0 Å². The number of carbonyl (C=O) groups excluding carboxylic acids is 2. The van der Waals surface area contributed by atoms with E-state index in [2.05, 4.69) is 10.9 Å². The van der Waals surface area contributed by atoms with Crippen molar-refractivity contribution in [2.75, 3.05) is 19.0 Å². The Labute approximate surface area is 164 Å². The summed E-state index contributed by atoms with van der Waals surface area (Å²) in [7, 11) is 0. The number of nitro benzene ring substituents is 1. The van der Waals surface area contributed by atoms with Gasteiger partial charge in [0.25, 0.3) is 11.6 Å². The van der Waals surface area contributed by atoms with Crippen molar-refractivity contribution in [1.82, 2.24) is 10.9 Å². The maximum absolute atomic E-state index is 12.0. The molecule has 2 amide bonds. The molecular weight excluding hydrogens is 386 g/mol. The second-order valence-corrected chi connectivity index (χ2v) is 6.80. The number of hydrogen-bond acceptors (Lipinski definition) is 7. The van der Waals surface area contributed by atoms with Gasteiger partial charge in [0.05, 0.1) is 23.9 Å². The van der Waals surface area contributed by atoms with E-state index in [0.717, 1.165) is 11.3 Å². The Morgan fingerprint density at radius 3 is 2.46 bits per heavy atom. The van der Waals surface area contributed by atoms with E-state index in [1.807, 2.05) is 12.1 Å². The Bertz CT molecular complexity index is 887. The summed E-state index contributed by atoms with van der Waals surface area (Å²) in [5, 5.41) is 10.6. The summed E-state index contributed by atoms with van der Waals surface area (Å²) in [5.41, 5.74) is 4.66. The summed E-state index contributed by atoms with van der Waals surface area (Å²) in [6.45, 7) is 1.19. The van der Waals surface area contributed by atoms with Gasteiger partial charge in [-0.2, -0.15) is 0 Å². The van der Waals surface area contributed by atoms with Crippen molar-refractivity contribution in [3.63, 3.8) is 0 Å². The third-order valence-electron chi connectivity index (χ3n) is 3.74. The summed E-state index contributed by atoms with van der Waals surface area (Å²) in [4.78, 5) is 34.8. The Morgan fingerprint density at radius 1 is 1.04 bits per heavy atom. The molecule has 0 aromatic heterocycles. The van der Waals surface area contributed by atoms with E-state index in [0.29, 0.717) is 24.7 Å². The molecule has 0 radical (unpaired) electrons. The third-order valence-corrected chi connectivity index (χ3v) is 4.74. The van der Waals surface area contributed by atoms with Crippen LogP contribution >= 0.6 is 11.8 Å². The normalized spacial score (nSPS) is 12.6. The van der Waals surface area contributed by atoms with Gasteiger partial charge in [-0.3, -0.25) is 30.6 Å². The molecule has 0 saturated heterocycles. The zero-order valence-electron chi connectivity index (χ0n) is 14.7. The van der Waals surface area contributed by atoms with Crippen LogP contribution in [0.1, 0.15) is 16.8 Å². The van der Waals surface area contributed by atoms with Gasteiger partial charge in [0.2, 0.25) is 5.91 Å². The first-order valence-electron chi connectivity index (χ1n) is 8.39. The minimum absolute atomic E-state index is 0.0835. The van der Waals surface area contributed by atoms with Crippen molar-refractivity contribution >= 4 is 29.3 Å². The number of fused-ring (bicyclic) bond motifs is 1. The van der Waals surface area contributed by atoms with Crippen LogP contribution in [0, 0.1) is 10.1 Å². The smallest absolute Gasteiger partial charge is 0.269 e. The molecule has 0 bridgehead atoms. The lowest BCUT2D eigenvalue weighted by Crippen LogP contribution is -2.42. The molecule has 28 heavy (non-hydrogen) atoms. The van der Waals surface area contributed by atoms with Crippen molar-refractivity contribution in [3.8, 4) is 11.5 Å². The molecule has 1 aliphatic heterocycles. The van der Waals surface area contributed by atoms with Crippen LogP contribution < -0.4 is 20.3 Å². The van der Waals surface area contributed by atoms with Crippen molar-refractivity contribution < 1.29 is 24.0 Å². The first kappa shape index (κ1) is 19.5. The molecule has 1 aliphatic rings. The molecule has 9 nitrogen and oxygen atoms in total. The largest absolute Gasteiger partial charge is 0.490 e. The SMILES string of the molecule is O=C(CSc1ccc2c(c1)OCCCO2)NNC(=O)c1ccc([N+](=O)[O-])cc1. The van der Waals surface area contributed by atoms with Gasteiger partial charge in [0.15, 0.2) is 11.5 Å². The monoisotopic (exact) mass is 403 g/mol. The lowest BCUT2D eigenvalue weighted by molar-refractivity contribution is -0.384. The number of ether oxygens (including phenoxy) is 2. The van der Waals surface area contributed by atoms with Crippen molar-refractivity contribution in [2.45, 2.75) is 11.3 Å². The maximum Gasteiger partial charge on any atom is 0.269 e. The Morgan fingerprint density at radius 2 is 1.75 bits per heavy atom. The van der Waals surface area contributed by atoms with Crippen molar-refractivity contribution in [2.24, 2.45) is 0 Å². The third kappa shape index (κ3) is 5.13. The average Bonchev–Trinajstić information content (AvgIpc) is 2.95. The minimum atomic E-state index is -0.566. The van der Waals surface area contributed by atoms with Crippen LogP contribution in [0.2, 0.25) is 0 Å². The maximum atomic E-state index is 12.0. The second-order valence-electron chi connectivity index (χ2n) is 5.75. The number of carbonyl (C=O) groups is 2. The van der Waals surface area contributed by atoms with Crippen LogP contribution in [0.3, 0.4) is 0 Å². The van der Waals surface area contributed by atoms with E-state index in [1.54, 1.807) is 6.07 Å². The van der Waals surface area contributed by atoms with Gasteiger partial charge in [-0.1, -0.05) is 0 Å². The zero-order valence-corrected chi connectivity index (χ0v) is 15.5. The lowest BCUT2D eigenvalue weighted by atomic mass is 10.2. The van der Waals surface area contributed by atoms with Crippen LogP contribution in [0.4, 0.5) is 5.69 Å². The molecule has 146 valence electrons. The van der Waals surface area contributed by atoms with Gasteiger partial charge in [0.1, 0.15) is 0 Å². The molecule has 3 rings (SSSR count).